The van der Waals surface area contributed by atoms with E-state index in [0.29, 0.717) is 5.92 Å². The van der Waals surface area contributed by atoms with Crippen molar-refractivity contribution in [1.29, 1.82) is 0 Å². The Morgan fingerprint density at radius 2 is 1.88 bits per heavy atom. The van der Waals surface area contributed by atoms with Crippen LogP contribution in [0.2, 0.25) is 0 Å². The first kappa shape index (κ1) is 11.2. The van der Waals surface area contributed by atoms with E-state index in [2.05, 4.69) is 34.5 Å². The van der Waals surface area contributed by atoms with E-state index in [4.69, 9.17) is 11.6 Å². The predicted octanol–water partition coefficient (Wildman–Crippen LogP) is 3.72. The monoisotopic (exact) mass is 264 g/mol. The first-order chi connectivity index (χ1) is 8.24. The Balaban J connectivity index is 1.84. The molecule has 1 aromatic heterocycles. The van der Waals surface area contributed by atoms with Gasteiger partial charge in [-0.2, -0.15) is 0 Å². The molecule has 1 aromatic carbocycles. The van der Waals surface area contributed by atoms with Crippen molar-refractivity contribution in [3.8, 4) is 0 Å². The van der Waals surface area contributed by atoms with E-state index >= 15 is 0 Å². The van der Waals surface area contributed by atoms with Crippen molar-refractivity contribution in [3.63, 3.8) is 0 Å². The van der Waals surface area contributed by atoms with Crippen molar-refractivity contribution in [2.24, 2.45) is 0 Å². The second-order valence-corrected chi connectivity index (χ2v) is 6.16. The van der Waals surface area contributed by atoms with Crippen LogP contribution in [0.1, 0.15) is 39.4 Å². The summed E-state index contributed by atoms with van der Waals surface area (Å²) in [6.45, 7) is 1.94. The summed E-state index contributed by atoms with van der Waals surface area (Å²) in [5.74, 6) is 0.495. The fourth-order valence-electron chi connectivity index (χ4n) is 2.31. The second kappa shape index (κ2) is 4.39. The Bertz CT molecular complexity index is 511. The molecular weight excluding hydrogens is 252 g/mol. The zero-order valence-corrected chi connectivity index (χ0v) is 11.1. The average Bonchev–Trinajstić information content (AvgIpc) is 2.95. The second-order valence-electron chi connectivity index (χ2n) is 4.47. The Morgan fingerprint density at radius 1 is 1.24 bits per heavy atom. The third-order valence-electron chi connectivity index (χ3n) is 3.20. The van der Waals surface area contributed by atoms with Gasteiger partial charge in [-0.1, -0.05) is 35.6 Å². The van der Waals surface area contributed by atoms with E-state index in [1.807, 2.05) is 6.92 Å². The first-order valence-corrected chi connectivity index (χ1v) is 7.03. The number of benzene rings is 1. The summed E-state index contributed by atoms with van der Waals surface area (Å²) in [7, 11) is 0. The van der Waals surface area contributed by atoms with Crippen molar-refractivity contribution < 1.29 is 0 Å². The van der Waals surface area contributed by atoms with Crippen molar-refractivity contribution >= 4 is 22.9 Å². The molecule has 0 amide bonds. The molecule has 0 N–H and O–H groups in total. The Kier molecular flexibility index (Phi) is 2.89. The SMILES string of the molecule is CC(Cl)c1nnc(C2Cc3ccccc3C2)s1. The van der Waals surface area contributed by atoms with E-state index in [1.54, 1.807) is 11.3 Å². The smallest absolute Gasteiger partial charge is 0.135 e. The molecule has 2 aromatic rings. The van der Waals surface area contributed by atoms with Gasteiger partial charge in [0.05, 0.1) is 5.38 Å². The summed E-state index contributed by atoms with van der Waals surface area (Å²) >= 11 is 7.67. The maximum atomic E-state index is 6.02. The predicted molar refractivity (Wildman–Crippen MR) is 70.8 cm³/mol. The third kappa shape index (κ3) is 2.09. The van der Waals surface area contributed by atoms with Crippen LogP contribution in [0.3, 0.4) is 0 Å². The summed E-state index contributed by atoms with van der Waals surface area (Å²) in [4.78, 5) is 0. The van der Waals surface area contributed by atoms with Gasteiger partial charge >= 0.3 is 0 Å². The Hall–Kier alpha value is -0.930. The number of hydrogen-bond acceptors (Lipinski definition) is 3. The quantitative estimate of drug-likeness (QED) is 0.773. The van der Waals surface area contributed by atoms with Gasteiger partial charge in [-0.3, -0.25) is 0 Å². The Labute approximate surface area is 110 Å². The summed E-state index contributed by atoms with van der Waals surface area (Å²) in [6, 6.07) is 8.63. The molecule has 0 fully saturated rings. The van der Waals surface area contributed by atoms with E-state index in [1.165, 1.54) is 11.1 Å². The van der Waals surface area contributed by atoms with E-state index < -0.39 is 0 Å². The number of aromatic nitrogens is 2. The van der Waals surface area contributed by atoms with E-state index in [9.17, 15) is 0 Å². The van der Waals surface area contributed by atoms with Crippen LogP contribution in [0.25, 0.3) is 0 Å². The third-order valence-corrected chi connectivity index (χ3v) is 4.80. The topological polar surface area (TPSA) is 25.8 Å². The van der Waals surface area contributed by atoms with Crippen LogP contribution in [-0.4, -0.2) is 10.2 Å². The molecule has 1 aliphatic carbocycles. The lowest BCUT2D eigenvalue weighted by Gasteiger charge is -2.02. The molecule has 1 atom stereocenters. The molecule has 17 heavy (non-hydrogen) atoms. The molecule has 0 bridgehead atoms. The number of fused-ring (bicyclic) bond motifs is 1. The van der Waals surface area contributed by atoms with Crippen molar-refractivity contribution in [3.05, 3.63) is 45.4 Å². The molecule has 1 aliphatic rings. The largest absolute Gasteiger partial charge is 0.143 e. The van der Waals surface area contributed by atoms with Gasteiger partial charge in [-0.05, 0) is 30.9 Å². The number of alkyl halides is 1. The molecule has 4 heteroatoms. The average molecular weight is 265 g/mol. The highest BCUT2D eigenvalue weighted by Gasteiger charge is 2.25. The van der Waals surface area contributed by atoms with Crippen LogP contribution in [-0.2, 0) is 12.8 Å². The molecule has 0 saturated heterocycles. The molecule has 0 saturated carbocycles. The van der Waals surface area contributed by atoms with Gasteiger partial charge in [-0.25, -0.2) is 0 Å². The van der Waals surface area contributed by atoms with Crippen LogP contribution in [0, 0.1) is 0 Å². The molecule has 0 spiro atoms. The lowest BCUT2D eigenvalue weighted by atomic mass is 10.1. The van der Waals surface area contributed by atoms with Crippen LogP contribution < -0.4 is 0 Å². The van der Waals surface area contributed by atoms with E-state index in [0.717, 1.165) is 22.9 Å². The minimum Gasteiger partial charge on any atom is -0.143 e. The minimum absolute atomic E-state index is 0.0370. The Morgan fingerprint density at radius 3 is 2.41 bits per heavy atom. The van der Waals surface area contributed by atoms with Crippen LogP contribution in [0.4, 0.5) is 0 Å². The first-order valence-electron chi connectivity index (χ1n) is 5.78. The lowest BCUT2D eigenvalue weighted by Crippen LogP contribution is -1.96. The summed E-state index contributed by atoms with van der Waals surface area (Å²) in [5.41, 5.74) is 2.90. The van der Waals surface area contributed by atoms with Gasteiger partial charge in [0.15, 0.2) is 0 Å². The maximum absolute atomic E-state index is 6.02. The summed E-state index contributed by atoms with van der Waals surface area (Å²) in [5, 5.41) is 10.5. The molecular formula is C13H13ClN2S. The standard InChI is InChI=1S/C13H13ClN2S/c1-8(14)12-15-16-13(17-12)11-6-9-4-2-3-5-10(9)7-11/h2-5,8,11H,6-7H2,1H3. The highest BCUT2D eigenvalue weighted by Crippen LogP contribution is 2.36. The van der Waals surface area contributed by atoms with Crippen LogP contribution in [0.15, 0.2) is 24.3 Å². The van der Waals surface area contributed by atoms with Crippen LogP contribution >= 0.6 is 22.9 Å². The highest BCUT2D eigenvalue weighted by atomic mass is 35.5. The fourth-order valence-corrected chi connectivity index (χ4v) is 3.36. The van der Waals surface area contributed by atoms with Crippen molar-refractivity contribution in [1.82, 2.24) is 10.2 Å². The molecule has 0 radical (unpaired) electrons. The molecule has 1 heterocycles. The van der Waals surface area contributed by atoms with Gasteiger partial charge in [0.25, 0.3) is 0 Å². The van der Waals surface area contributed by atoms with Gasteiger partial charge in [-0.15, -0.1) is 21.8 Å². The van der Waals surface area contributed by atoms with Gasteiger partial charge in [0.2, 0.25) is 0 Å². The van der Waals surface area contributed by atoms with Gasteiger partial charge < -0.3 is 0 Å². The van der Waals surface area contributed by atoms with Crippen molar-refractivity contribution in [2.75, 3.05) is 0 Å². The normalized spacial score (nSPS) is 17.1. The van der Waals surface area contributed by atoms with E-state index in [-0.39, 0.29) is 5.38 Å². The fraction of sp³-hybridized carbons (Fsp3) is 0.385. The zero-order chi connectivity index (χ0) is 11.8. The molecule has 1 unspecified atom stereocenters. The zero-order valence-electron chi connectivity index (χ0n) is 9.56. The highest BCUT2D eigenvalue weighted by molar-refractivity contribution is 7.11. The van der Waals surface area contributed by atoms with Crippen molar-refractivity contribution in [2.45, 2.75) is 31.1 Å². The lowest BCUT2D eigenvalue weighted by molar-refractivity contribution is 0.719. The number of hydrogen-bond donors (Lipinski definition) is 0. The molecule has 3 rings (SSSR count). The maximum Gasteiger partial charge on any atom is 0.135 e. The number of halogens is 1. The molecule has 2 nitrogen and oxygen atoms in total. The summed E-state index contributed by atoms with van der Waals surface area (Å²) < 4.78 is 0. The summed E-state index contributed by atoms with van der Waals surface area (Å²) in [6.07, 6.45) is 2.17. The number of rotatable bonds is 2. The van der Waals surface area contributed by atoms with Gasteiger partial charge in [0, 0.05) is 5.92 Å². The minimum atomic E-state index is -0.0370. The molecule has 88 valence electrons. The molecule has 0 aliphatic heterocycles. The van der Waals surface area contributed by atoms with Gasteiger partial charge in [0.1, 0.15) is 10.0 Å². The number of nitrogens with zero attached hydrogens (tertiary/aromatic N) is 2. The van der Waals surface area contributed by atoms with Crippen LogP contribution in [0.5, 0.6) is 0 Å².